The monoisotopic (exact) mass is 166 g/mol. The van der Waals surface area contributed by atoms with E-state index in [0.29, 0.717) is 13.2 Å². The van der Waals surface area contributed by atoms with Gasteiger partial charge in [-0.15, -0.1) is 0 Å². The lowest BCUT2D eigenvalue weighted by Gasteiger charge is -1.99. The minimum absolute atomic E-state index is 0.199. The van der Waals surface area contributed by atoms with Gasteiger partial charge >= 0.3 is 0 Å². The molecule has 0 radical (unpaired) electrons. The fraction of sp³-hybridized carbons (Fsp3) is 0.333. The van der Waals surface area contributed by atoms with E-state index in [1.807, 2.05) is 24.3 Å². The molecule has 1 aliphatic heterocycles. The average molecular weight is 166 g/mol. The molecule has 0 atom stereocenters. The second-order valence-electron chi connectivity index (χ2n) is 2.48. The topological polar surface area (TPSA) is 31.6 Å². The Bertz CT molecular complexity index is 245. The Labute approximate surface area is 70.6 Å². The molecule has 2 heterocycles. The number of hydrogen-bond donors (Lipinski definition) is 0. The summed E-state index contributed by atoms with van der Waals surface area (Å²) in [6.45, 7) is 1.35. The van der Waals surface area contributed by atoms with Crippen molar-refractivity contribution in [3.8, 4) is 0 Å². The molecule has 0 N–H and O–H groups in total. The summed E-state index contributed by atoms with van der Waals surface area (Å²) < 4.78 is 15.5. The number of furan rings is 1. The summed E-state index contributed by atoms with van der Waals surface area (Å²) >= 11 is 0. The molecule has 1 aromatic rings. The summed E-state index contributed by atoms with van der Waals surface area (Å²) in [5, 5.41) is 0. The lowest BCUT2D eigenvalue weighted by Crippen LogP contribution is -2.01. The van der Waals surface area contributed by atoms with Gasteiger partial charge in [-0.2, -0.15) is 0 Å². The smallest absolute Gasteiger partial charge is 0.177 e. The van der Waals surface area contributed by atoms with Gasteiger partial charge in [0.15, 0.2) is 6.29 Å². The van der Waals surface area contributed by atoms with Gasteiger partial charge in [0.05, 0.1) is 19.5 Å². The van der Waals surface area contributed by atoms with Crippen molar-refractivity contribution in [2.45, 2.75) is 6.29 Å². The van der Waals surface area contributed by atoms with Crippen molar-refractivity contribution in [1.82, 2.24) is 0 Å². The zero-order valence-electron chi connectivity index (χ0n) is 6.60. The predicted molar refractivity (Wildman–Crippen MR) is 43.4 cm³/mol. The molecule has 3 nitrogen and oxygen atoms in total. The Morgan fingerprint density at radius 2 is 2.17 bits per heavy atom. The van der Waals surface area contributed by atoms with Crippen molar-refractivity contribution < 1.29 is 13.9 Å². The van der Waals surface area contributed by atoms with Gasteiger partial charge in [0.2, 0.25) is 0 Å². The molecule has 0 aromatic carbocycles. The predicted octanol–water partition coefficient (Wildman–Crippen LogP) is 1.67. The summed E-state index contributed by atoms with van der Waals surface area (Å²) in [5.74, 6) is 0.814. The van der Waals surface area contributed by atoms with Crippen LogP contribution >= 0.6 is 0 Å². The summed E-state index contributed by atoms with van der Waals surface area (Å²) in [6.07, 6.45) is 5.12. The van der Waals surface area contributed by atoms with Gasteiger partial charge in [-0.3, -0.25) is 0 Å². The number of ether oxygens (including phenoxy) is 2. The van der Waals surface area contributed by atoms with Crippen LogP contribution in [-0.2, 0) is 9.47 Å². The second-order valence-corrected chi connectivity index (χ2v) is 2.48. The molecule has 0 saturated carbocycles. The molecule has 1 aliphatic rings. The normalized spacial score (nSPS) is 19.3. The van der Waals surface area contributed by atoms with Crippen molar-refractivity contribution >= 4 is 6.08 Å². The van der Waals surface area contributed by atoms with E-state index in [2.05, 4.69) is 0 Å². The molecule has 64 valence electrons. The first-order chi connectivity index (χ1) is 5.95. The van der Waals surface area contributed by atoms with Gasteiger partial charge in [0.25, 0.3) is 0 Å². The van der Waals surface area contributed by atoms with E-state index < -0.39 is 0 Å². The molecule has 2 rings (SSSR count). The number of rotatable bonds is 2. The minimum Gasteiger partial charge on any atom is -0.465 e. The fourth-order valence-electron chi connectivity index (χ4n) is 1.05. The van der Waals surface area contributed by atoms with Crippen molar-refractivity contribution in [3.05, 3.63) is 30.2 Å². The van der Waals surface area contributed by atoms with E-state index in [0.717, 1.165) is 5.76 Å². The highest BCUT2D eigenvalue weighted by atomic mass is 16.7. The highest BCUT2D eigenvalue weighted by molar-refractivity contribution is 5.42. The molecule has 0 bridgehead atoms. The quantitative estimate of drug-likeness (QED) is 0.669. The maximum Gasteiger partial charge on any atom is 0.177 e. The van der Waals surface area contributed by atoms with Crippen LogP contribution < -0.4 is 0 Å². The zero-order chi connectivity index (χ0) is 8.23. The van der Waals surface area contributed by atoms with E-state index >= 15 is 0 Å². The van der Waals surface area contributed by atoms with Crippen LogP contribution in [0.3, 0.4) is 0 Å². The molecule has 12 heavy (non-hydrogen) atoms. The van der Waals surface area contributed by atoms with Crippen LogP contribution in [0.2, 0.25) is 0 Å². The molecule has 0 spiro atoms. The molecular formula is C9H10O3. The highest BCUT2D eigenvalue weighted by Gasteiger charge is 2.11. The number of hydrogen-bond acceptors (Lipinski definition) is 3. The highest BCUT2D eigenvalue weighted by Crippen LogP contribution is 2.08. The van der Waals surface area contributed by atoms with Gasteiger partial charge in [-0.05, 0) is 24.3 Å². The summed E-state index contributed by atoms with van der Waals surface area (Å²) in [5.41, 5.74) is 0. The minimum atomic E-state index is -0.199. The van der Waals surface area contributed by atoms with Crippen molar-refractivity contribution in [1.29, 1.82) is 0 Å². The van der Waals surface area contributed by atoms with E-state index in [1.165, 1.54) is 0 Å². The van der Waals surface area contributed by atoms with Gasteiger partial charge < -0.3 is 13.9 Å². The van der Waals surface area contributed by atoms with E-state index in [9.17, 15) is 0 Å². The van der Waals surface area contributed by atoms with Crippen LogP contribution in [0, 0.1) is 0 Å². The molecule has 0 unspecified atom stereocenters. The van der Waals surface area contributed by atoms with Gasteiger partial charge in [0, 0.05) is 0 Å². The van der Waals surface area contributed by atoms with E-state index in [-0.39, 0.29) is 6.29 Å². The first-order valence-corrected chi connectivity index (χ1v) is 3.90. The maximum atomic E-state index is 5.20. The molecule has 3 heteroatoms. The first kappa shape index (κ1) is 7.58. The summed E-state index contributed by atoms with van der Waals surface area (Å²) in [4.78, 5) is 0. The van der Waals surface area contributed by atoms with E-state index in [4.69, 9.17) is 13.9 Å². The van der Waals surface area contributed by atoms with Crippen LogP contribution in [0.1, 0.15) is 5.76 Å². The third kappa shape index (κ3) is 1.75. The summed E-state index contributed by atoms with van der Waals surface area (Å²) in [6, 6.07) is 3.72. The first-order valence-electron chi connectivity index (χ1n) is 3.90. The van der Waals surface area contributed by atoms with Crippen molar-refractivity contribution in [3.63, 3.8) is 0 Å². The molecule has 0 amide bonds. The third-order valence-corrected chi connectivity index (χ3v) is 1.61. The average Bonchev–Trinajstić information content (AvgIpc) is 2.74. The summed E-state index contributed by atoms with van der Waals surface area (Å²) in [7, 11) is 0. The molecule has 0 aliphatic carbocycles. The Balaban J connectivity index is 1.93. The standard InChI is InChI=1S/C9H10O3/c1-2-8(10-5-1)3-4-9-11-6-7-12-9/h1-5,9H,6-7H2. The van der Waals surface area contributed by atoms with Gasteiger partial charge in [-0.1, -0.05) is 0 Å². The third-order valence-electron chi connectivity index (χ3n) is 1.61. The largest absolute Gasteiger partial charge is 0.465 e. The van der Waals surface area contributed by atoms with Crippen LogP contribution in [-0.4, -0.2) is 19.5 Å². The molecule has 1 fully saturated rings. The van der Waals surface area contributed by atoms with Crippen LogP contribution in [0.5, 0.6) is 0 Å². The Morgan fingerprint density at radius 1 is 1.33 bits per heavy atom. The van der Waals surface area contributed by atoms with Crippen molar-refractivity contribution in [2.75, 3.05) is 13.2 Å². The Kier molecular flexibility index (Phi) is 2.25. The zero-order valence-corrected chi connectivity index (χ0v) is 6.60. The van der Waals surface area contributed by atoms with Gasteiger partial charge in [0.1, 0.15) is 5.76 Å². The Hall–Kier alpha value is -1.06. The van der Waals surface area contributed by atoms with Crippen LogP contribution in [0.25, 0.3) is 6.08 Å². The SMILES string of the molecule is C(=CC1OCCO1)c1ccco1. The molecule has 1 aromatic heterocycles. The van der Waals surface area contributed by atoms with Crippen LogP contribution in [0.4, 0.5) is 0 Å². The van der Waals surface area contributed by atoms with Crippen LogP contribution in [0.15, 0.2) is 28.9 Å². The fourth-order valence-corrected chi connectivity index (χ4v) is 1.05. The lowest BCUT2D eigenvalue weighted by molar-refractivity contribution is -0.000955. The molecular weight excluding hydrogens is 156 g/mol. The maximum absolute atomic E-state index is 5.20. The second kappa shape index (κ2) is 3.56. The molecule has 1 saturated heterocycles. The van der Waals surface area contributed by atoms with Crippen molar-refractivity contribution in [2.24, 2.45) is 0 Å². The van der Waals surface area contributed by atoms with E-state index in [1.54, 1.807) is 6.26 Å². The van der Waals surface area contributed by atoms with Gasteiger partial charge in [-0.25, -0.2) is 0 Å². The Morgan fingerprint density at radius 3 is 2.83 bits per heavy atom. The lowest BCUT2D eigenvalue weighted by atomic mass is 10.4.